The van der Waals surface area contributed by atoms with E-state index in [-0.39, 0.29) is 0 Å². The molecular weight excluding hydrogens is 163 g/mol. The molecule has 1 heteroatoms. The molecule has 0 fully saturated rings. The molecular formula is C11H23P. The van der Waals surface area contributed by atoms with Crippen LogP contribution in [-0.4, -0.2) is 6.16 Å². The summed E-state index contributed by atoms with van der Waals surface area (Å²) >= 11 is 0. The van der Waals surface area contributed by atoms with Gasteiger partial charge < -0.3 is 0 Å². The molecule has 0 spiro atoms. The van der Waals surface area contributed by atoms with Crippen LogP contribution >= 0.6 is 8.58 Å². The largest absolute Gasteiger partial charge is 0.0987 e. The first kappa shape index (κ1) is 12.2. The lowest BCUT2D eigenvalue weighted by molar-refractivity contribution is 0.659. The van der Waals surface area contributed by atoms with E-state index in [1.165, 1.54) is 44.7 Å². The highest BCUT2D eigenvalue weighted by molar-refractivity contribution is 7.41. The zero-order valence-corrected chi connectivity index (χ0v) is 9.60. The minimum Gasteiger partial charge on any atom is -0.0987 e. The van der Waals surface area contributed by atoms with Crippen LogP contribution in [0.3, 0.4) is 0 Å². The Morgan fingerprint density at radius 1 is 1.00 bits per heavy atom. The first-order valence-corrected chi connectivity index (χ1v) is 6.58. The second kappa shape index (κ2) is 11.2. The van der Waals surface area contributed by atoms with Gasteiger partial charge in [0.05, 0.1) is 0 Å². The number of allylic oxidation sites excluding steroid dienone is 1. The van der Waals surface area contributed by atoms with Gasteiger partial charge in [0, 0.05) is 0 Å². The number of rotatable bonds is 8. The van der Waals surface area contributed by atoms with E-state index >= 15 is 0 Å². The normalized spacial score (nSPS) is 12.2. The second-order valence-electron chi connectivity index (χ2n) is 3.18. The van der Waals surface area contributed by atoms with Crippen molar-refractivity contribution in [1.82, 2.24) is 0 Å². The maximum atomic E-state index is 2.35. The fourth-order valence-corrected chi connectivity index (χ4v) is 2.14. The fraction of sp³-hybridized carbons (Fsp3) is 0.818. The molecule has 0 aromatic rings. The lowest BCUT2D eigenvalue weighted by Crippen LogP contribution is -1.78. The molecule has 0 saturated heterocycles. The van der Waals surface area contributed by atoms with E-state index in [1.807, 2.05) is 0 Å². The molecule has 0 aliphatic heterocycles. The molecule has 0 bridgehead atoms. The van der Waals surface area contributed by atoms with Crippen molar-refractivity contribution >= 4 is 8.58 Å². The minimum absolute atomic E-state index is 1.07. The van der Waals surface area contributed by atoms with Crippen molar-refractivity contribution in [1.29, 1.82) is 0 Å². The van der Waals surface area contributed by atoms with E-state index in [0.29, 0.717) is 0 Å². The Balaban J connectivity index is 2.86. The van der Waals surface area contributed by atoms with Crippen LogP contribution in [0.1, 0.15) is 52.4 Å². The molecule has 1 atom stereocenters. The maximum absolute atomic E-state index is 2.35. The first-order chi connectivity index (χ1) is 5.91. The summed E-state index contributed by atoms with van der Waals surface area (Å²) in [5.41, 5.74) is 0. The van der Waals surface area contributed by atoms with E-state index in [4.69, 9.17) is 0 Å². The smallest absolute Gasteiger partial charge is 0.0319 e. The first-order valence-electron chi connectivity index (χ1n) is 5.30. The Labute approximate surface area is 79.6 Å². The predicted molar refractivity (Wildman–Crippen MR) is 61.4 cm³/mol. The van der Waals surface area contributed by atoms with Crippen LogP contribution in [0, 0.1) is 0 Å². The van der Waals surface area contributed by atoms with Crippen LogP contribution in [0.2, 0.25) is 0 Å². The van der Waals surface area contributed by atoms with Crippen molar-refractivity contribution in [3.63, 3.8) is 0 Å². The molecule has 0 radical (unpaired) electrons. The van der Waals surface area contributed by atoms with Gasteiger partial charge in [-0.2, -0.15) is 0 Å². The van der Waals surface area contributed by atoms with Crippen molar-refractivity contribution in [2.45, 2.75) is 52.4 Å². The van der Waals surface area contributed by atoms with Gasteiger partial charge in [-0.15, -0.1) is 0 Å². The third-order valence-corrected chi connectivity index (χ3v) is 3.01. The molecule has 0 heterocycles. The SMILES string of the molecule is CCC=CPCCCCCCC. The van der Waals surface area contributed by atoms with Gasteiger partial charge >= 0.3 is 0 Å². The summed E-state index contributed by atoms with van der Waals surface area (Å²) in [6.45, 7) is 4.47. The standard InChI is InChI=1S/C11H23P/c1-3-5-7-8-9-11-12-10-6-4-2/h6,10,12H,3-5,7-9,11H2,1-2H3. The number of hydrogen-bond donors (Lipinski definition) is 0. The van der Waals surface area contributed by atoms with Gasteiger partial charge in [0.1, 0.15) is 0 Å². The molecule has 0 aliphatic carbocycles. The van der Waals surface area contributed by atoms with Crippen LogP contribution in [0.4, 0.5) is 0 Å². The van der Waals surface area contributed by atoms with Gasteiger partial charge in [-0.3, -0.25) is 0 Å². The molecule has 1 unspecified atom stereocenters. The lowest BCUT2D eigenvalue weighted by Gasteiger charge is -1.97. The van der Waals surface area contributed by atoms with Gasteiger partial charge in [-0.1, -0.05) is 60.0 Å². The summed E-state index contributed by atoms with van der Waals surface area (Å²) in [5, 5.41) is 0. The van der Waals surface area contributed by atoms with Crippen molar-refractivity contribution in [3.8, 4) is 0 Å². The van der Waals surface area contributed by atoms with E-state index in [0.717, 1.165) is 8.58 Å². The van der Waals surface area contributed by atoms with Crippen LogP contribution in [0.5, 0.6) is 0 Å². The van der Waals surface area contributed by atoms with Crippen LogP contribution in [-0.2, 0) is 0 Å². The van der Waals surface area contributed by atoms with E-state index in [2.05, 4.69) is 25.7 Å². The Bertz CT molecular complexity index is 97.2. The molecule has 0 aromatic heterocycles. The van der Waals surface area contributed by atoms with Crippen molar-refractivity contribution in [2.24, 2.45) is 0 Å². The quantitative estimate of drug-likeness (QED) is 0.385. The van der Waals surface area contributed by atoms with Crippen molar-refractivity contribution < 1.29 is 0 Å². The van der Waals surface area contributed by atoms with Gasteiger partial charge in [0.15, 0.2) is 0 Å². The van der Waals surface area contributed by atoms with Crippen molar-refractivity contribution in [3.05, 3.63) is 11.9 Å². The molecule has 12 heavy (non-hydrogen) atoms. The Hall–Kier alpha value is 0.170. The molecule has 0 nitrogen and oxygen atoms in total. The maximum Gasteiger partial charge on any atom is -0.0319 e. The Kier molecular flexibility index (Phi) is 11.3. The fourth-order valence-electron chi connectivity index (χ4n) is 1.12. The van der Waals surface area contributed by atoms with Crippen LogP contribution < -0.4 is 0 Å². The zero-order valence-electron chi connectivity index (χ0n) is 8.60. The van der Waals surface area contributed by atoms with E-state index < -0.39 is 0 Å². The average Bonchev–Trinajstić information content (AvgIpc) is 2.10. The Morgan fingerprint density at radius 3 is 2.42 bits per heavy atom. The summed E-state index contributed by atoms with van der Waals surface area (Å²) < 4.78 is 0. The topological polar surface area (TPSA) is 0 Å². The van der Waals surface area contributed by atoms with Gasteiger partial charge in [0.25, 0.3) is 0 Å². The third-order valence-electron chi connectivity index (χ3n) is 1.90. The molecule has 0 N–H and O–H groups in total. The minimum atomic E-state index is 1.07. The molecule has 72 valence electrons. The molecule has 0 aromatic carbocycles. The predicted octanol–water partition coefficient (Wildman–Crippen LogP) is 4.56. The Morgan fingerprint density at radius 2 is 1.75 bits per heavy atom. The van der Waals surface area contributed by atoms with Crippen LogP contribution in [0.15, 0.2) is 11.9 Å². The summed E-state index contributed by atoms with van der Waals surface area (Å²) in [7, 11) is 1.07. The zero-order chi connectivity index (χ0) is 9.07. The highest BCUT2D eigenvalue weighted by Gasteiger charge is 1.87. The van der Waals surface area contributed by atoms with E-state index in [9.17, 15) is 0 Å². The van der Waals surface area contributed by atoms with E-state index in [1.54, 1.807) is 0 Å². The lowest BCUT2D eigenvalue weighted by atomic mass is 10.2. The van der Waals surface area contributed by atoms with Crippen LogP contribution in [0.25, 0.3) is 0 Å². The molecule has 0 amide bonds. The molecule has 0 rings (SSSR count). The number of hydrogen-bond acceptors (Lipinski definition) is 0. The summed E-state index contributed by atoms with van der Waals surface area (Å²) in [6, 6.07) is 0. The highest BCUT2D eigenvalue weighted by atomic mass is 31.1. The van der Waals surface area contributed by atoms with Gasteiger partial charge in [-0.05, 0) is 19.0 Å². The summed E-state index contributed by atoms with van der Waals surface area (Å²) in [4.78, 5) is 0. The third kappa shape index (κ3) is 10.2. The molecule has 0 saturated carbocycles. The summed E-state index contributed by atoms with van der Waals surface area (Å²) in [5.74, 6) is 2.35. The highest BCUT2D eigenvalue weighted by Crippen LogP contribution is 2.15. The molecule has 0 aliphatic rings. The summed E-state index contributed by atoms with van der Waals surface area (Å²) in [6.07, 6.45) is 12.0. The van der Waals surface area contributed by atoms with Gasteiger partial charge in [-0.25, -0.2) is 0 Å². The van der Waals surface area contributed by atoms with Crippen molar-refractivity contribution in [2.75, 3.05) is 6.16 Å². The monoisotopic (exact) mass is 186 g/mol. The number of unbranched alkanes of at least 4 members (excludes halogenated alkanes) is 4. The second-order valence-corrected chi connectivity index (χ2v) is 4.42. The average molecular weight is 186 g/mol. The van der Waals surface area contributed by atoms with Gasteiger partial charge in [0.2, 0.25) is 0 Å².